The van der Waals surface area contributed by atoms with Gasteiger partial charge >= 0.3 is 0 Å². The number of carbonyl (C=O) groups is 2. The minimum absolute atomic E-state index is 0.302. The van der Waals surface area contributed by atoms with Gasteiger partial charge in [0, 0.05) is 17.2 Å². The Morgan fingerprint density at radius 3 is 2.48 bits per heavy atom. The number of benzene rings is 2. The summed E-state index contributed by atoms with van der Waals surface area (Å²) in [6.07, 6.45) is 0. The number of hydrazine groups is 1. The summed E-state index contributed by atoms with van der Waals surface area (Å²) in [6.45, 7) is 0.710. The first-order chi connectivity index (χ1) is 13.1. The second-order valence-electron chi connectivity index (χ2n) is 5.49. The van der Waals surface area contributed by atoms with E-state index in [1.807, 2.05) is 24.3 Å². The zero-order valence-electron chi connectivity index (χ0n) is 14.5. The average molecular weight is 405 g/mol. The molecule has 1 heterocycles. The van der Waals surface area contributed by atoms with Crippen LogP contribution in [0.4, 0.5) is 0 Å². The lowest BCUT2D eigenvalue weighted by Gasteiger charge is -2.11. The van der Waals surface area contributed by atoms with Crippen molar-refractivity contribution in [3.05, 3.63) is 64.0 Å². The molecule has 0 bridgehead atoms. The molecule has 0 aliphatic rings. The van der Waals surface area contributed by atoms with Crippen LogP contribution in [0.3, 0.4) is 0 Å². The first-order valence-corrected chi connectivity index (χ1v) is 9.29. The Morgan fingerprint density at radius 2 is 1.70 bits per heavy atom. The Morgan fingerprint density at radius 1 is 1.00 bits per heavy atom. The Kier molecular flexibility index (Phi) is 6.28. The molecule has 0 spiro atoms. The van der Waals surface area contributed by atoms with Gasteiger partial charge in [-0.05, 0) is 18.2 Å². The van der Waals surface area contributed by atoms with Crippen LogP contribution in [0.25, 0.3) is 10.1 Å². The fraction of sp³-hybridized carbons (Fsp3) is 0.158. The van der Waals surface area contributed by atoms with Crippen molar-refractivity contribution in [2.45, 2.75) is 0 Å². The minimum atomic E-state index is -0.492. The molecule has 2 amide bonds. The Labute approximate surface area is 165 Å². The van der Waals surface area contributed by atoms with Crippen LogP contribution in [0.1, 0.15) is 20.0 Å². The highest BCUT2D eigenvalue weighted by Gasteiger charge is 2.18. The van der Waals surface area contributed by atoms with Crippen LogP contribution in [-0.2, 0) is 4.74 Å². The molecule has 140 valence electrons. The Bertz CT molecular complexity index is 973. The number of rotatable bonds is 6. The second kappa shape index (κ2) is 8.85. The van der Waals surface area contributed by atoms with Crippen LogP contribution in [-0.4, -0.2) is 32.1 Å². The molecule has 1 aromatic heterocycles. The Hall–Kier alpha value is -2.61. The van der Waals surface area contributed by atoms with Gasteiger partial charge in [-0.15, -0.1) is 11.3 Å². The first-order valence-electron chi connectivity index (χ1n) is 8.10. The van der Waals surface area contributed by atoms with E-state index in [1.54, 1.807) is 31.4 Å². The third kappa shape index (κ3) is 4.39. The molecule has 6 nitrogen and oxygen atoms in total. The first kappa shape index (κ1) is 19.2. The van der Waals surface area contributed by atoms with Gasteiger partial charge in [-0.1, -0.05) is 41.9 Å². The summed E-state index contributed by atoms with van der Waals surface area (Å²) in [5.41, 5.74) is 5.10. The maximum absolute atomic E-state index is 12.4. The van der Waals surface area contributed by atoms with Gasteiger partial charge in [0.05, 0.1) is 17.2 Å². The summed E-state index contributed by atoms with van der Waals surface area (Å²) in [6, 6.07) is 14.2. The molecule has 0 saturated heterocycles. The van der Waals surface area contributed by atoms with Crippen LogP contribution in [0, 0.1) is 0 Å². The summed E-state index contributed by atoms with van der Waals surface area (Å²) in [5, 5.41) is 1.17. The summed E-state index contributed by atoms with van der Waals surface area (Å²) in [4.78, 5) is 25.2. The number of ether oxygens (including phenoxy) is 2. The number of carbonyl (C=O) groups excluding carboxylic acids is 2. The van der Waals surface area contributed by atoms with Crippen LogP contribution in [0.5, 0.6) is 5.75 Å². The molecule has 3 aromatic rings. The van der Waals surface area contributed by atoms with E-state index in [9.17, 15) is 9.59 Å². The van der Waals surface area contributed by atoms with Gasteiger partial charge in [0.2, 0.25) is 0 Å². The van der Waals surface area contributed by atoms with Crippen molar-refractivity contribution in [1.29, 1.82) is 0 Å². The SMILES string of the molecule is COCCOc1ccccc1C(=O)NNC(=O)c1sc2ccccc2c1Cl. The molecule has 0 fully saturated rings. The van der Waals surface area contributed by atoms with Crippen molar-refractivity contribution in [3.63, 3.8) is 0 Å². The van der Waals surface area contributed by atoms with E-state index in [0.29, 0.717) is 34.4 Å². The molecular formula is C19H17ClN2O4S. The van der Waals surface area contributed by atoms with Crippen LogP contribution in [0.2, 0.25) is 5.02 Å². The molecule has 3 rings (SSSR count). The lowest BCUT2D eigenvalue weighted by Crippen LogP contribution is -2.41. The van der Waals surface area contributed by atoms with E-state index in [4.69, 9.17) is 21.1 Å². The van der Waals surface area contributed by atoms with Crippen molar-refractivity contribution >= 4 is 44.8 Å². The van der Waals surface area contributed by atoms with Crippen molar-refractivity contribution in [2.24, 2.45) is 0 Å². The van der Waals surface area contributed by atoms with Crippen molar-refractivity contribution < 1.29 is 19.1 Å². The van der Waals surface area contributed by atoms with Crippen molar-refractivity contribution in [1.82, 2.24) is 10.9 Å². The maximum Gasteiger partial charge on any atom is 0.281 e. The van der Waals surface area contributed by atoms with E-state index in [1.165, 1.54) is 11.3 Å². The largest absolute Gasteiger partial charge is 0.490 e. The number of methoxy groups -OCH3 is 1. The summed E-state index contributed by atoms with van der Waals surface area (Å²) in [7, 11) is 1.57. The van der Waals surface area contributed by atoms with E-state index in [-0.39, 0.29) is 0 Å². The van der Waals surface area contributed by atoms with E-state index in [0.717, 1.165) is 10.1 Å². The standard InChI is InChI=1S/C19H17ClN2O4S/c1-25-10-11-26-14-8-4-2-6-12(14)18(23)21-22-19(24)17-16(20)13-7-3-5-9-15(13)27-17/h2-9H,10-11H2,1H3,(H,21,23)(H,22,24). The molecule has 0 aliphatic heterocycles. The van der Waals surface area contributed by atoms with Crippen molar-refractivity contribution in [3.8, 4) is 5.75 Å². The number of thiophene rings is 1. The van der Waals surface area contributed by atoms with Gasteiger partial charge in [-0.25, -0.2) is 0 Å². The highest BCUT2D eigenvalue weighted by atomic mass is 35.5. The van der Waals surface area contributed by atoms with E-state index in [2.05, 4.69) is 10.9 Å². The molecule has 0 radical (unpaired) electrons. The second-order valence-corrected chi connectivity index (χ2v) is 6.92. The number of para-hydroxylation sites is 1. The predicted molar refractivity (Wildman–Crippen MR) is 106 cm³/mol. The number of halogens is 1. The minimum Gasteiger partial charge on any atom is -0.490 e. The van der Waals surface area contributed by atoms with Gasteiger partial charge in [0.1, 0.15) is 17.2 Å². The number of nitrogens with one attached hydrogen (secondary N) is 2. The lowest BCUT2D eigenvalue weighted by molar-refractivity contribution is 0.0845. The third-order valence-corrected chi connectivity index (χ3v) is 5.38. The van der Waals surface area contributed by atoms with E-state index >= 15 is 0 Å². The molecule has 0 aliphatic carbocycles. The zero-order valence-corrected chi connectivity index (χ0v) is 16.0. The molecular weight excluding hydrogens is 388 g/mol. The predicted octanol–water partition coefficient (Wildman–Crippen LogP) is 3.65. The van der Waals surface area contributed by atoms with E-state index < -0.39 is 11.8 Å². The smallest absolute Gasteiger partial charge is 0.281 e. The monoisotopic (exact) mass is 404 g/mol. The summed E-state index contributed by atoms with van der Waals surface area (Å²) >= 11 is 7.55. The molecule has 2 aromatic carbocycles. The van der Waals surface area contributed by atoms with Gasteiger partial charge in [0.25, 0.3) is 11.8 Å². The van der Waals surface area contributed by atoms with Gasteiger partial charge in [-0.3, -0.25) is 20.4 Å². The molecule has 0 saturated carbocycles. The van der Waals surface area contributed by atoms with Crippen LogP contribution in [0.15, 0.2) is 48.5 Å². The number of fused-ring (bicyclic) bond motifs is 1. The normalized spacial score (nSPS) is 10.6. The highest BCUT2D eigenvalue weighted by Crippen LogP contribution is 2.34. The topological polar surface area (TPSA) is 76.7 Å². The van der Waals surface area contributed by atoms with Gasteiger partial charge < -0.3 is 9.47 Å². The highest BCUT2D eigenvalue weighted by molar-refractivity contribution is 7.21. The summed E-state index contributed by atoms with van der Waals surface area (Å²) in [5.74, 6) is -0.567. The number of hydrogen-bond acceptors (Lipinski definition) is 5. The number of amides is 2. The fourth-order valence-corrected chi connectivity index (χ4v) is 3.82. The average Bonchev–Trinajstić information content (AvgIpc) is 3.03. The van der Waals surface area contributed by atoms with Gasteiger partial charge in [-0.2, -0.15) is 0 Å². The molecule has 27 heavy (non-hydrogen) atoms. The zero-order chi connectivity index (χ0) is 19.2. The Balaban J connectivity index is 1.68. The quantitative estimate of drug-likeness (QED) is 0.485. The van der Waals surface area contributed by atoms with Crippen LogP contribution < -0.4 is 15.6 Å². The molecule has 0 atom stereocenters. The maximum atomic E-state index is 12.4. The molecule has 2 N–H and O–H groups in total. The lowest BCUT2D eigenvalue weighted by atomic mass is 10.2. The van der Waals surface area contributed by atoms with Crippen LogP contribution >= 0.6 is 22.9 Å². The van der Waals surface area contributed by atoms with Crippen molar-refractivity contribution in [2.75, 3.05) is 20.3 Å². The third-order valence-electron chi connectivity index (χ3n) is 3.71. The molecule has 0 unspecified atom stereocenters. The summed E-state index contributed by atoms with van der Waals surface area (Å²) < 4.78 is 11.4. The molecule has 8 heteroatoms. The van der Waals surface area contributed by atoms with Gasteiger partial charge in [0.15, 0.2) is 0 Å². The fourth-order valence-electron chi connectivity index (χ4n) is 2.41. The number of hydrogen-bond donors (Lipinski definition) is 2.